The first-order valence-corrected chi connectivity index (χ1v) is 7.33. The molecule has 0 aromatic heterocycles. The van der Waals surface area contributed by atoms with Gasteiger partial charge in [-0.25, -0.2) is 4.39 Å². The fourth-order valence-electron chi connectivity index (χ4n) is 2.40. The number of hydrogen-bond donors (Lipinski definition) is 1. The molecule has 112 valence electrons. The fraction of sp³-hybridized carbons (Fsp3) is 0.333. The second kappa shape index (κ2) is 7.23. The molecule has 0 saturated carbocycles. The molecular weight excluding hydrogens is 265 g/mol. The summed E-state index contributed by atoms with van der Waals surface area (Å²) in [6.07, 6.45) is -0.104. The van der Waals surface area contributed by atoms with Gasteiger partial charge in [-0.3, -0.25) is 0 Å². The predicted molar refractivity (Wildman–Crippen MR) is 84.1 cm³/mol. The van der Waals surface area contributed by atoms with Gasteiger partial charge in [-0.1, -0.05) is 43.3 Å². The molecule has 0 heterocycles. The molecule has 0 spiro atoms. The summed E-state index contributed by atoms with van der Waals surface area (Å²) in [5.41, 5.74) is 2.10. The van der Waals surface area contributed by atoms with Gasteiger partial charge in [-0.05, 0) is 37.6 Å². The number of hydrogen-bond acceptors (Lipinski definition) is 2. The molecule has 3 heteroatoms. The van der Waals surface area contributed by atoms with Crippen LogP contribution in [0.25, 0.3) is 0 Å². The van der Waals surface area contributed by atoms with Gasteiger partial charge in [0.25, 0.3) is 0 Å². The largest absolute Gasteiger partial charge is 0.488 e. The van der Waals surface area contributed by atoms with Gasteiger partial charge in [0.15, 0.2) is 0 Å². The summed E-state index contributed by atoms with van der Waals surface area (Å²) >= 11 is 0. The van der Waals surface area contributed by atoms with Crippen LogP contribution in [0.2, 0.25) is 0 Å². The first-order chi connectivity index (χ1) is 10.1. The molecule has 0 fully saturated rings. The Kier molecular flexibility index (Phi) is 5.34. The molecule has 2 aromatic carbocycles. The van der Waals surface area contributed by atoms with Crippen molar-refractivity contribution in [1.82, 2.24) is 5.32 Å². The minimum absolute atomic E-state index is 0.0684. The lowest BCUT2D eigenvalue weighted by Gasteiger charge is -2.26. The van der Waals surface area contributed by atoms with Crippen LogP contribution in [-0.2, 0) is 0 Å². The minimum atomic E-state index is -0.275. The number of rotatable bonds is 6. The zero-order valence-corrected chi connectivity index (χ0v) is 12.8. The zero-order chi connectivity index (χ0) is 15.2. The first-order valence-electron chi connectivity index (χ1n) is 7.33. The fourth-order valence-corrected chi connectivity index (χ4v) is 2.40. The zero-order valence-electron chi connectivity index (χ0n) is 12.8. The lowest BCUT2D eigenvalue weighted by atomic mass is 10.0. The van der Waals surface area contributed by atoms with E-state index in [4.69, 9.17) is 4.74 Å². The lowest BCUT2D eigenvalue weighted by Crippen LogP contribution is -2.33. The summed E-state index contributed by atoms with van der Waals surface area (Å²) < 4.78 is 19.4. The third-order valence-corrected chi connectivity index (χ3v) is 3.52. The second-order valence-electron chi connectivity index (χ2n) is 5.18. The third kappa shape index (κ3) is 4.05. The Balaban J connectivity index is 2.19. The van der Waals surface area contributed by atoms with Gasteiger partial charge in [0.2, 0.25) is 0 Å². The van der Waals surface area contributed by atoms with Crippen molar-refractivity contribution >= 4 is 0 Å². The Morgan fingerprint density at radius 3 is 2.52 bits per heavy atom. The molecule has 0 amide bonds. The van der Waals surface area contributed by atoms with Crippen molar-refractivity contribution < 1.29 is 9.13 Å². The van der Waals surface area contributed by atoms with Gasteiger partial charge in [0.05, 0.1) is 6.04 Å². The second-order valence-corrected chi connectivity index (χ2v) is 5.18. The summed E-state index contributed by atoms with van der Waals surface area (Å²) in [4.78, 5) is 0. The highest BCUT2D eigenvalue weighted by atomic mass is 19.1. The number of aryl methyl sites for hydroxylation is 1. The summed E-state index contributed by atoms with van der Waals surface area (Å²) in [5.74, 6) is 0.323. The number of ether oxygens (including phenoxy) is 1. The van der Waals surface area contributed by atoms with E-state index >= 15 is 0 Å². The van der Waals surface area contributed by atoms with Gasteiger partial charge in [0, 0.05) is 6.07 Å². The molecule has 0 aliphatic heterocycles. The molecular formula is C18H22FNO. The molecule has 2 nitrogen and oxygen atoms in total. The Morgan fingerprint density at radius 2 is 1.86 bits per heavy atom. The molecule has 2 aromatic rings. The van der Waals surface area contributed by atoms with E-state index in [1.807, 2.05) is 32.0 Å². The minimum Gasteiger partial charge on any atom is -0.488 e. The summed E-state index contributed by atoms with van der Waals surface area (Å²) in [6.45, 7) is 6.84. The van der Waals surface area contributed by atoms with Crippen molar-refractivity contribution in [2.75, 3.05) is 6.54 Å². The summed E-state index contributed by atoms with van der Waals surface area (Å²) in [5, 5.41) is 3.43. The van der Waals surface area contributed by atoms with E-state index in [9.17, 15) is 4.39 Å². The smallest absolute Gasteiger partial charge is 0.126 e. The maximum absolute atomic E-state index is 13.4. The van der Waals surface area contributed by atoms with E-state index in [2.05, 4.69) is 24.4 Å². The van der Waals surface area contributed by atoms with Crippen molar-refractivity contribution in [2.24, 2.45) is 0 Å². The molecule has 0 radical (unpaired) electrons. The van der Waals surface area contributed by atoms with E-state index in [0.29, 0.717) is 5.75 Å². The Hall–Kier alpha value is -1.87. The van der Waals surface area contributed by atoms with Crippen LogP contribution in [0.5, 0.6) is 5.75 Å². The van der Waals surface area contributed by atoms with Gasteiger partial charge < -0.3 is 10.1 Å². The normalized spacial score (nSPS) is 13.7. The summed E-state index contributed by atoms with van der Waals surface area (Å²) in [6, 6.07) is 14.9. The van der Waals surface area contributed by atoms with Crippen LogP contribution >= 0.6 is 0 Å². The van der Waals surface area contributed by atoms with Crippen molar-refractivity contribution in [3.8, 4) is 5.75 Å². The molecule has 21 heavy (non-hydrogen) atoms. The lowest BCUT2D eigenvalue weighted by molar-refractivity contribution is 0.170. The van der Waals surface area contributed by atoms with Crippen molar-refractivity contribution in [1.29, 1.82) is 0 Å². The number of halogens is 1. The first kappa shape index (κ1) is 15.5. The maximum atomic E-state index is 13.4. The van der Waals surface area contributed by atoms with Crippen LogP contribution in [0, 0.1) is 12.7 Å². The molecule has 2 rings (SSSR count). The van der Waals surface area contributed by atoms with Gasteiger partial charge in [-0.15, -0.1) is 0 Å². The molecule has 0 aliphatic carbocycles. The van der Waals surface area contributed by atoms with Crippen LogP contribution in [0.3, 0.4) is 0 Å². The predicted octanol–water partition coefficient (Wildman–Crippen LogP) is 4.25. The van der Waals surface area contributed by atoms with E-state index in [1.165, 1.54) is 17.7 Å². The van der Waals surface area contributed by atoms with E-state index < -0.39 is 0 Å². The molecule has 0 bridgehead atoms. The SMILES string of the molecule is CCNC(c1ccccc1)C(C)Oc1cc(F)ccc1C. The average Bonchev–Trinajstić information content (AvgIpc) is 2.49. The van der Waals surface area contributed by atoms with Crippen molar-refractivity contribution in [2.45, 2.75) is 32.9 Å². The van der Waals surface area contributed by atoms with Crippen LogP contribution in [0.1, 0.15) is 31.0 Å². The standard InChI is InChI=1S/C18H22FNO/c1-4-20-18(15-8-6-5-7-9-15)14(3)21-17-12-16(19)11-10-13(17)2/h5-12,14,18,20H,4H2,1-3H3. The molecule has 2 unspecified atom stereocenters. The summed E-state index contributed by atoms with van der Waals surface area (Å²) in [7, 11) is 0. The number of likely N-dealkylation sites (N-methyl/N-ethyl adjacent to an activating group) is 1. The monoisotopic (exact) mass is 287 g/mol. The number of benzene rings is 2. The maximum Gasteiger partial charge on any atom is 0.126 e. The van der Waals surface area contributed by atoms with Gasteiger partial charge in [-0.2, -0.15) is 0 Å². The van der Waals surface area contributed by atoms with Gasteiger partial charge >= 0.3 is 0 Å². The molecule has 2 atom stereocenters. The molecule has 0 aliphatic rings. The third-order valence-electron chi connectivity index (χ3n) is 3.52. The van der Waals surface area contributed by atoms with Gasteiger partial charge in [0.1, 0.15) is 17.7 Å². The van der Waals surface area contributed by atoms with E-state index in [-0.39, 0.29) is 18.0 Å². The van der Waals surface area contributed by atoms with Crippen molar-refractivity contribution in [3.05, 3.63) is 65.5 Å². The molecule has 1 N–H and O–H groups in total. The average molecular weight is 287 g/mol. The van der Waals surface area contributed by atoms with Crippen molar-refractivity contribution in [3.63, 3.8) is 0 Å². The highest BCUT2D eigenvalue weighted by Gasteiger charge is 2.20. The quantitative estimate of drug-likeness (QED) is 0.857. The molecule has 0 saturated heterocycles. The van der Waals surface area contributed by atoms with Crippen LogP contribution in [-0.4, -0.2) is 12.6 Å². The topological polar surface area (TPSA) is 21.3 Å². The Morgan fingerprint density at radius 1 is 1.14 bits per heavy atom. The Labute approximate surface area is 126 Å². The highest BCUT2D eigenvalue weighted by molar-refractivity contribution is 5.33. The van der Waals surface area contributed by atoms with Crippen LogP contribution in [0.4, 0.5) is 4.39 Å². The number of nitrogens with one attached hydrogen (secondary N) is 1. The highest BCUT2D eigenvalue weighted by Crippen LogP contribution is 2.25. The van der Waals surface area contributed by atoms with E-state index in [1.54, 1.807) is 6.07 Å². The van der Waals surface area contributed by atoms with E-state index in [0.717, 1.165) is 12.1 Å². The van der Waals surface area contributed by atoms with Crippen LogP contribution in [0.15, 0.2) is 48.5 Å². The van der Waals surface area contributed by atoms with Crippen LogP contribution < -0.4 is 10.1 Å². The Bertz CT molecular complexity index is 571.